The molecule has 24 heavy (non-hydrogen) atoms. The van der Waals surface area contributed by atoms with Crippen molar-refractivity contribution in [2.24, 2.45) is 5.92 Å². The van der Waals surface area contributed by atoms with Gasteiger partial charge in [-0.2, -0.15) is 0 Å². The zero-order valence-corrected chi connectivity index (χ0v) is 14.0. The van der Waals surface area contributed by atoms with Crippen LogP contribution in [0.25, 0.3) is 0 Å². The minimum absolute atomic E-state index is 0.000248. The molecule has 3 rings (SSSR count). The molecule has 1 aromatic rings. The van der Waals surface area contributed by atoms with Gasteiger partial charge in [-0.15, -0.1) is 0 Å². The third kappa shape index (κ3) is 3.13. The first-order valence-corrected chi connectivity index (χ1v) is 8.46. The number of hydrogen-bond donors (Lipinski definition) is 2. The van der Waals surface area contributed by atoms with Crippen molar-refractivity contribution in [2.75, 3.05) is 6.54 Å². The SMILES string of the molecule is CC(C)[C@H]1NC(=O)N(CC(=O)N[C@H]2CCCc3ccccc32)C1=O. The lowest BCUT2D eigenvalue weighted by Crippen LogP contribution is -2.43. The molecule has 0 saturated carbocycles. The molecule has 2 aliphatic rings. The van der Waals surface area contributed by atoms with Crippen molar-refractivity contribution in [1.29, 1.82) is 0 Å². The Morgan fingerprint density at radius 1 is 1.33 bits per heavy atom. The number of aryl methyl sites for hydroxylation is 1. The molecule has 1 aliphatic carbocycles. The highest BCUT2D eigenvalue weighted by atomic mass is 16.2. The van der Waals surface area contributed by atoms with Gasteiger partial charge in [0.25, 0.3) is 5.91 Å². The third-order valence-corrected chi connectivity index (χ3v) is 4.73. The van der Waals surface area contributed by atoms with Gasteiger partial charge in [-0.05, 0) is 36.3 Å². The van der Waals surface area contributed by atoms with Crippen LogP contribution in [0, 0.1) is 5.92 Å². The highest BCUT2D eigenvalue weighted by Crippen LogP contribution is 2.29. The maximum atomic E-state index is 12.4. The number of urea groups is 1. The fourth-order valence-electron chi connectivity index (χ4n) is 3.43. The average Bonchev–Trinajstić information content (AvgIpc) is 2.83. The summed E-state index contributed by atoms with van der Waals surface area (Å²) in [6.07, 6.45) is 2.91. The Balaban J connectivity index is 1.65. The average molecular weight is 329 g/mol. The fourth-order valence-corrected chi connectivity index (χ4v) is 3.43. The number of nitrogens with zero attached hydrogens (tertiary/aromatic N) is 1. The summed E-state index contributed by atoms with van der Waals surface area (Å²) in [6.45, 7) is 3.50. The largest absolute Gasteiger partial charge is 0.348 e. The maximum absolute atomic E-state index is 12.4. The second-order valence-electron chi connectivity index (χ2n) is 6.81. The molecule has 6 nitrogen and oxygen atoms in total. The van der Waals surface area contributed by atoms with Crippen molar-refractivity contribution in [1.82, 2.24) is 15.5 Å². The fraction of sp³-hybridized carbons (Fsp3) is 0.500. The number of carbonyl (C=O) groups is 3. The van der Waals surface area contributed by atoms with E-state index in [1.54, 1.807) is 0 Å². The number of benzene rings is 1. The number of carbonyl (C=O) groups excluding carboxylic acids is 3. The molecule has 1 fully saturated rings. The van der Waals surface area contributed by atoms with Gasteiger partial charge in [0, 0.05) is 0 Å². The Labute approximate surface area is 141 Å². The van der Waals surface area contributed by atoms with E-state index in [0.717, 1.165) is 29.7 Å². The zero-order chi connectivity index (χ0) is 17.3. The van der Waals surface area contributed by atoms with Crippen molar-refractivity contribution in [3.63, 3.8) is 0 Å². The molecule has 0 radical (unpaired) electrons. The summed E-state index contributed by atoms with van der Waals surface area (Å²) in [6, 6.07) is 7.00. The summed E-state index contributed by atoms with van der Waals surface area (Å²) in [7, 11) is 0. The van der Waals surface area contributed by atoms with E-state index in [9.17, 15) is 14.4 Å². The highest BCUT2D eigenvalue weighted by molar-refractivity contribution is 6.06. The van der Waals surface area contributed by atoms with Gasteiger partial charge in [0.05, 0.1) is 6.04 Å². The molecule has 2 atom stereocenters. The molecule has 0 unspecified atom stereocenters. The molecule has 0 bridgehead atoms. The molecule has 128 valence electrons. The van der Waals surface area contributed by atoms with Crippen molar-refractivity contribution >= 4 is 17.8 Å². The summed E-state index contributed by atoms with van der Waals surface area (Å²) < 4.78 is 0. The molecule has 1 heterocycles. The van der Waals surface area contributed by atoms with Crippen LogP contribution in [0.3, 0.4) is 0 Å². The first-order chi connectivity index (χ1) is 11.5. The zero-order valence-electron chi connectivity index (χ0n) is 14.0. The summed E-state index contributed by atoms with van der Waals surface area (Å²) in [4.78, 5) is 37.6. The Kier molecular flexibility index (Phi) is 4.55. The van der Waals surface area contributed by atoms with E-state index in [4.69, 9.17) is 0 Å². The minimum Gasteiger partial charge on any atom is -0.348 e. The van der Waals surface area contributed by atoms with E-state index in [1.165, 1.54) is 5.56 Å². The summed E-state index contributed by atoms with van der Waals surface area (Å²) in [5.74, 6) is -0.626. The van der Waals surface area contributed by atoms with Gasteiger partial charge in [0.1, 0.15) is 12.6 Å². The second-order valence-corrected chi connectivity index (χ2v) is 6.81. The van der Waals surface area contributed by atoms with Gasteiger partial charge in [-0.3, -0.25) is 14.5 Å². The van der Waals surface area contributed by atoms with Gasteiger partial charge < -0.3 is 10.6 Å². The molecule has 1 aromatic carbocycles. The van der Waals surface area contributed by atoms with Crippen LogP contribution in [0.2, 0.25) is 0 Å². The van der Waals surface area contributed by atoms with E-state index in [0.29, 0.717) is 0 Å². The van der Waals surface area contributed by atoms with E-state index < -0.39 is 12.1 Å². The molecule has 6 heteroatoms. The van der Waals surface area contributed by atoms with Gasteiger partial charge >= 0.3 is 6.03 Å². The van der Waals surface area contributed by atoms with Crippen molar-refractivity contribution in [2.45, 2.75) is 45.2 Å². The minimum atomic E-state index is -0.541. The number of fused-ring (bicyclic) bond motifs is 1. The highest BCUT2D eigenvalue weighted by Gasteiger charge is 2.40. The normalized spacial score (nSPS) is 23.2. The number of imide groups is 1. The summed E-state index contributed by atoms with van der Waals surface area (Å²) in [5.41, 5.74) is 2.39. The molecule has 1 aliphatic heterocycles. The lowest BCUT2D eigenvalue weighted by Gasteiger charge is -2.27. The van der Waals surface area contributed by atoms with Crippen LogP contribution in [0.5, 0.6) is 0 Å². The Hall–Kier alpha value is -2.37. The predicted molar refractivity (Wildman–Crippen MR) is 89.1 cm³/mol. The molecule has 1 saturated heterocycles. The topological polar surface area (TPSA) is 78.5 Å². The first kappa shape index (κ1) is 16.5. The maximum Gasteiger partial charge on any atom is 0.325 e. The predicted octanol–water partition coefficient (Wildman–Crippen LogP) is 1.76. The monoisotopic (exact) mass is 329 g/mol. The second kappa shape index (κ2) is 6.63. The number of rotatable bonds is 4. The van der Waals surface area contributed by atoms with E-state index >= 15 is 0 Å². The van der Waals surface area contributed by atoms with Crippen molar-refractivity contribution in [3.05, 3.63) is 35.4 Å². The smallest absolute Gasteiger partial charge is 0.325 e. The van der Waals surface area contributed by atoms with Crippen LogP contribution in [-0.2, 0) is 16.0 Å². The van der Waals surface area contributed by atoms with Gasteiger partial charge in [-0.1, -0.05) is 38.1 Å². The molecule has 0 aromatic heterocycles. The van der Waals surface area contributed by atoms with Crippen LogP contribution < -0.4 is 10.6 Å². The molecular formula is C18H23N3O3. The Bertz CT molecular complexity index is 671. The Morgan fingerprint density at radius 2 is 2.08 bits per heavy atom. The van der Waals surface area contributed by atoms with Crippen LogP contribution in [-0.4, -0.2) is 35.3 Å². The molecule has 2 N–H and O–H groups in total. The van der Waals surface area contributed by atoms with Crippen LogP contribution in [0.4, 0.5) is 4.79 Å². The lowest BCUT2D eigenvalue weighted by atomic mass is 9.88. The quantitative estimate of drug-likeness (QED) is 0.826. The van der Waals surface area contributed by atoms with Crippen LogP contribution >= 0.6 is 0 Å². The van der Waals surface area contributed by atoms with E-state index in [1.807, 2.05) is 32.0 Å². The first-order valence-electron chi connectivity index (χ1n) is 8.46. The van der Waals surface area contributed by atoms with Gasteiger partial charge in [0.15, 0.2) is 0 Å². The van der Waals surface area contributed by atoms with Gasteiger partial charge in [-0.25, -0.2) is 4.79 Å². The lowest BCUT2D eigenvalue weighted by molar-refractivity contribution is -0.133. The van der Waals surface area contributed by atoms with E-state index in [-0.39, 0.29) is 30.3 Å². The van der Waals surface area contributed by atoms with Crippen LogP contribution in [0.15, 0.2) is 24.3 Å². The molecule has 4 amide bonds. The summed E-state index contributed by atoms with van der Waals surface area (Å²) in [5, 5.41) is 5.61. The third-order valence-electron chi connectivity index (χ3n) is 4.73. The van der Waals surface area contributed by atoms with Crippen LogP contribution in [0.1, 0.15) is 43.9 Å². The molecule has 0 spiro atoms. The number of nitrogens with one attached hydrogen (secondary N) is 2. The summed E-state index contributed by atoms with van der Waals surface area (Å²) >= 11 is 0. The number of hydrogen-bond acceptors (Lipinski definition) is 3. The van der Waals surface area contributed by atoms with Crippen molar-refractivity contribution in [3.8, 4) is 0 Å². The number of amides is 4. The standard InChI is InChI=1S/C18H23N3O3/c1-11(2)16-17(23)21(18(24)20-16)10-15(22)19-14-9-5-7-12-6-3-4-8-13(12)14/h3-4,6,8,11,14,16H,5,7,9-10H2,1-2H3,(H,19,22)(H,20,24)/t14-,16+/m0/s1. The van der Waals surface area contributed by atoms with Crippen molar-refractivity contribution < 1.29 is 14.4 Å². The van der Waals surface area contributed by atoms with Gasteiger partial charge in [0.2, 0.25) is 5.91 Å². The Morgan fingerprint density at radius 3 is 2.79 bits per heavy atom. The van der Waals surface area contributed by atoms with E-state index in [2.05, 4.69) is 16.7 Å². The molecular weight excluding hydrogens is 306 g/mol.